The summed E-state index contributed by atoms with van der Waals surface area (Å²) < 4.78 is 0. The number of thioether (sulfide) groups is 1. The molecule has 0 radical (unpaired) electrons. The Morgan fingerprint density at radius 3 is 2.44 bits per heavy atom. The predicted octanol–water partition coefficient (Wildman–Crippen LogP) is 4.52. The van der Waals surface area contributed by atoms with Crippen molar-refractivity contribution in [2.75, 3.05) is 12.3 Å². The third-order valence-electron chi connectivity index (χ3n) is 2.36. The van der Waals surface area contributed by atoms with Gasteiger partial charge >= 0.3 is 0 Å². The lowest BCUT2D eigenvalue weighted by atomic mass is 10.1. The fraction of sp³-hybridized carbons (Fsp3) is 0.467. The summed E-state index contributed by atoms with van der Waals surface area (Å²) in [6, 6.07) is 8.03. The highest BCUT2D eigenvalue weighted by Crippen LogP contribution is 2.17. The van der Waals surface area contributed by atoms with Crippen molar-refractivity contribution in [1.82, 2.24) is 5.32 Å². The Labute approximate surface area is 120 Å². The molecule has 0 amide bonds. The van der Waals surface area contributed by atoms with Gasteiger partial charge in [0, 0.05) is 28.6 Å². The van der Waals surface area contributed by atoms with Gasteiger partial charge in [0.25, 0.3) is 0 Å². The van der Waals surface area contributed by atoms with Gasteiger partial charge in [-0.05, 0) is 38.5 Å². The first-order valence-electron chi connectivity index (χ1n) is 6.11. The first-order chi connectivity index (χ1) is 8.37. The number of rotatable bonds is 6. The van der Waals surface area contributed by atoms with Gasteiger partial charge in [-0.25, -0.2) is 0 Å². The summed E-state index contributed by atoms with van der Waals surface area (Å²) in [7, 11) is 0. The van der Waals surface area contributed by atoms with E-state index in [1.54, 1.807) is 0 Å². The molecule has 0 saturated carbocycles. The van der Waals surface area contributed by atoms with Crippen molar-refractivity contribution in [2.45, 2.75) is 32.1 Å². The van der Waals surface area contributed by atoms with Crippen LogP contribution in [0.5, 0.6) is 0 Å². The Kier molecular flexibility index (Phi) is 6.27. The summed E-state index contributed by atoms with van der Waals surface area (Å²) in [5, 5.41) is 4.24. The van der Waals surface area contributed by atoms with E-state index in [1.165, 1.54) is 11.1 Å². The molecule has 0 saturated heterocycles. The third kappa shape index (κ3) is 7.10. The number of benzene rings is 1. The van der Waals surface area contributed by atoms with Crippen molar-refractivity contribution >= 4 is 23.4 Å². The van der Waals surface area contributed by atoms with E-state index in [2.05, 4.69) is 44.8 Å². The normalized spacial score (nSPS) is 11.6. The summed E-state index contributed by atoms with van der Waals surface area (Å²) in [4.78, 5) is 0. The van der Waals surface area contributed by atoms with Crippen LogP contribution >= 0.6 is 23.4 Å². The summed E-state index contributed by atoms with van der Waals surface area (Å²) in [6.07, 6.45) is 0. The van der Waals surface area contributed by atoms with Gasteiger partial charge in [-0.2, -0.15) is 11.8 Å². The second-order valence-corrected chi connectivity index (χ2v) is 6.89. The van der Waals surface area contributed by atoms with Crippen LogP contribution in [0.15, 0.2) is 36.4 Å². The minimum atomic E-state index is 0.157. The van der Waals surface area contributed by atoms with Crippen LogP contribution < -0.4 is 5.32 Å². The quantitative estimate of drug-likeness (QED) is 0.771. The second kappa shape index (κ2) is 7.22. The van der Waals surface area contributed by atoms with Gasteiger partial charge in [-0.1, -0.05) is 35.9 Å². The molecule has 0 spiro atoms. The molecule has 18 heavy (non-hydrogen) atoms. The Morgan fingerprint density at radius 2 is 1.89 bits per heavy atom. The minimum absolute atomic E-state index is 0.157. The first kappa shape index (κ1) is 15.6. The molecule has 0 fully saturated rings. The lowest BCUT2D eigenvalue weighted by Gasteiger charge is -2.21. The van der Waals surface area contributed by atoms with Gasteiger partial charge in [-0.3, -0.25) is 0 Å². The zero-order valence-corrected chi connectivity index (χ0v) is 13.0. The molecule has 0 bridgehead atoms. The van der Waals surface area contributed by atoms with Crippen molar-refractivity contribution in [1.29, 1.82) is 0 Å². The van der Waals surface area contributed by atoms with Crippen LogP contribution in [0.4, 0.5) is 0 Å². The molecule has 1 rings (SSSR count). The molecule has 1 nitrogen and oxygen atoms in total. The summed E-state index contributed by atoms with van der Waals surface area (Å²) in [5.41, 5.74) is 2.70. The van der Waals surface area contributed by atoms with Gasteiger partial charge in [0.05, 0.1) is 0 Å². The zero-order chi connectivity index (χ0) is 13.6. The average molecular weight is 284 g/mol. The van der Waals surface area contributed by atoms with Crippen molar-refractivity contribution in [3.8, 4) is 0 Å². The van der Waals surface area contributed by atoms with E-state index in [4.69, 9.17) is 11.6 Å². The SMILES string of the molecule is C=C(CNC(C)(C)C)CSCc1ccc(Cl)cc1. The number of hydrogen-bond acceptors (Lipinski definition) is 2. The Hall–Kier alpha value is -0.440. The van der Waals surface area contributed by atoms with Crippen LogP contribution in [0.2, 0.25) is 5.02 Å². The van der Waals surface area contributed by atoms with Gasteiger partial charge in [0.2, 0.25) is 0 Å². The van der Waals surface area contributed by atoms with Crippen LogP contribution in [0.25, 0.3) is 0 Å². The minimum Gasteiger partial charge on any atom is -0.308 e. The average Bonchev–Trinajstić information content (AvgIpc) is 2.28. The van der Waals surface area contributed by atoms with E-state index in [1.807, 2.05) is 23.9 Å². The maximum Gasteiger partial charge on any atom is 0.0406 e. The maximum absolute atomic E-state index is 5.85. The van der Waals surface area contributed by atoms with Crippen molar-refractivity contribution in [3.63, 3.8) is 0 Å². The Balaban J connectivity index is 2.21. The number of hydrogen-bond donors (Lipinski definition) is 1. The lowest BCUT2D eigenvalue weighted by molar-refractivity contribution is 0.445. The molecule has 0 aliphatic carbocycles. The maximum atomic E-state index is 5.85. The Bertz CT molecular complexity index is 378. The third-order valence-corrected chi connectivity index (χ3v) is 3.76. The fourth-order valence-electron chi connectivity index (χ4n) is 1.34. The monoisotopic (exact) mass is 283 g/mol. The molecule has 0 aliphatic heterocycles. The first-order valence-corrected chi connectivity index (χ1v) is 7.64. The van der Waals surface area contributed by atoms with Crippen molar-refractivity contribution < 1.29 is 0 Å². The van der Waals surface area contributed by atoms with E-state index >= 15 is 0 Å². The molecular weight excluding hydrogens is 262 g/mol. The van der Waals surface area contributed by atoms with E-state index in [0.717, 1.165) is 23.1 Å². The smallest absolute Gasteiger partial charge is 0.0406 e. The fourth-order valence-corrected chi connectivity index (χ4v) is 2.38. The van der Waals surface area contributed by atoms with Gasteiger partial charge in [-0.15, -0.1) is 0 Å². The van der Waals surface area contributed by atoms with Crippen LogP contribution in [0, 0.1) is 0 Å². The topological polar surface area (TPSA) is 12.0 Å². The number of halogens is 1. The van der Waals surface area contributed by atoms with E-state index in [0.29, 0.717) is 0 Å². The molecule has 0 atom stereocenters. The molecule has 1 aromatic carbocycles. The molecule has 0 unspecified atom stereocenters. The van der Waals surface area contributed by atoms with Gasteiger partial charge in [0.15, 0.2) is 0 Å². The summed E-state index contributed by atoms with van der Waals surface area (Å²) >= 11 is 7.74. The molecular formula is C15H22ClNS. The molecule has 0 aromatic heterocycles. The van der Waals surface area contributed by atoms with E-state index in [9.17, 15) is 0 Å². The standard InChI is InChI=1S/C15H22ClNS/c1-12(9-17-15(2,3)4)10-18-11-13-5-7-14(16)8-6-13/h5-8,17H,1,9-11H2,2-4H3. The van der Waals surface area contributed by atoms with E-state index < -0.39 is 0 Å². The largest absolute Gasteiger partial charge is 0.308 e. The van der Waals surface area contributed by atoms with Crippen LogP contribution in [0.3, 0.4) is 0 Å². The van der Waals surface area contributed by atoms with Gasteiger partial charge in [0.1, 0.15) is 0 Å². The van der Waals surface area contributed by atoms with E-state index in [-0.39, 0.29) is 5.54 Å². The van der Waals surface area contributed by atoms with Crippen LogP contribution in [-0.4, -0.2) is 17.8 Å². The zero-order valence-electron chi connectivity index (χ0n) is 11.4. The molecule has 0 aliphatic rings. The highest BCUT2D eigenvalue weighted by atomic mass is 35.5. The van der Waals surface area contributed by atoms with Crippen molar-refractivity contribution in [3.05, 3.63) is 47.0 Å². The molecule has 0 heterocycles. The lowest BCUT2D eigenvalue weighted by Crippen LogP contribution is -2.37. The highest BCUT2D eigenvalue weighted by Gasteiger charge is 2.08. The Morgan fingerprint density at radius 1 is 1.28 bits per heavy atom. The second-order valence-electron chi connectivity index (χ2n) is 5.47. The summed E-state index contributed by atoms with van der Waals surface area (Å²) in [6.45, 7) is 11.5. The molecule has 100 valence electrons. The van der Waals surface area contributed by atoms with Crippen LogP contribution in [0.1, 0.15) is 26.3 Å². The molecule has 1 aromatic rings. The number of nitrogens with one attached hydrogen (secondary N) is 1. The molecule has 1 N–H and O–H groups in total. The predicted molar refractivity (Wildman–Crippen MR) is 84.5 cm³/mol. The van der Waals surface area contributed by atoms with Gasteiger partial charge < -0.3 is 5.32 Å². The summed E-state index contributed by atoms with van der Waals surface area (Å²) in [5.74, 6) is 2.00. The van der Waals surface area contributed by atoms with Crippen LogP contribution in [-0.2, 0) is 5.75 Å². The highest BCUT2D eigenvalue weighted by molar-refractivity contribution is 7.98. The molecule has 3 heteroatoms. The van der Waals surface area contributed by atoms with Crippen molar-refractivity contribution in [2.24, 2.45) is 0 Å².